The van der Waals surface area contributed by atoms with E-state index in [0.29, 0.717) is 19.5 Å². The molecule has 0 aliphatic heterocycles. The number of anilines is 1. The summed E-state index contributed by atoms with van der Waals surface area (Å²) in [5, 5.41) is 16.0. The van der Waals surface area contributed by atoms with E-state index < -0.39 is 4.92 Å². The molecule has 0 radical (unpaired) electrons. The van der Waals surface area contributed by atoms with E-state index in [9.17, 15) is 14.9 Å². The summed E-state index contributed by atoms with van der Waals surface area (Å²) in [6.07, 6.45) is 1.63. The number of carbonyl (C=O) groups excluding carboxylic acids is 1. The summed E-state index contributed by atoms with van der Waals surface area (Å²) in [7, 11) is 0. The first-order valence-electron chi connectivity index (χ1n) is 4.36. The van der Waals surface area contributed by atoms with E-state index in [0.717, 1.165) is 6.20 Å². The molecule has 0 saturated carbocycles. The molecule has 0 bridgehead atoms. The molecule has 1 rings (SSSR count). The van der Waals surface area contributed by atoms with Gasteiger partial charge in [-0.25, -0.2) is 4.98 Å². The normalized spacial score (nSPS) is 9.56. The molecule has 0 aliphatic rings. The van der Waals surface area contributed by atoms with Crippen LogP contribution in [-0.2, 0) is 4.79 Å². The van der Waals surface area contributed by atoms with Gasteiger partial charge in [0.2, 0.25) is 6.41 Å². The van der Waals surface area contributed by atoms with Crippen molar-refractivity contribution >= 4 is 29.4 Å². The number of hydrogen-bond donors (Lipinski definition) is 2. The molecule has 0 saturated heterocycles. The first kappa shape index (κ1) is 12.2. The van der Waals surface area contributed by atoms with Crippen LogP contribution in [-0.4, -0.2) is 29.4 Å². The maximum atomic E-state index is 10.6. The third kappa shape index (κ3) is 3.35. The maximum Gasteiger partial charge on any atom is 0.310 e. The highest BCUT2D eigenvalue weighted by atomic mass is 35.5. The zero-order chi connectivity index (χ0) is 12.0. The molecule has 0 atom stereocenters. The van der Waals surface area contributed by atoms with E-state index in [1.165, 1.54) is 6.07 Å². The quantitative estimate of drug-likeness (QED) is 0.254. The molecule has 1 aromatic heterocycles. The van der Waals surface area contributed by atoms with Gasteiger partial charge in [0, 0.05) is 19.2 Å². The minimum absolute atomic E-state index is 0.157. The lowest BCUT2D eigenvalue weighted by Crippen LogP contribution is -2.20. The lowest BCUT2D eigenvalue weighted by Gasteiger charge is -2.06. The highest BCUT2D eigenvalue weighted by Crippen LogP contribution is 2.25. The average Bonchev–Trinajstić information content (AvgIpc) is 2.24. The molecule has 1 amide bonds. The highest BCUT2D eigenvalue weighted by molar-refractivity contribution is 6.29. The smallest absolute Gasteiger partial charge is 0.310 e. The van der Waals surface area contributed by atoms with Crippen molar-refractivity contribution in [3.63, 3.8) is 0 Å². The topological polar surface area (TPSA) is 97.2 Å². The largest absolute Gasteiger partial charge is 0.378 e. The van der Waals surface area contributed by atoms with Crippen LogP contribution in [0.1, 0.15) is 0 Å². The van der Waals surface area contributed by atoms with Crippen LogP contribution in [0, 0.1) is 10.1 Å². The second-order valence-corrected chi connectivity index (χ2v) is 3.17. The van der Waals surface area contributed by atoms with Crippen LogP contribution in [0.2, 0.25) is 5.15 Å². The lowest BCUT2D eigenvalue weighted by molar-refractivity contribution is -0.384. The van der Waals surface area contributed by atoms with Crippen molar-refractivity contribution in [2.75, 3.05) is 18.4 Å². The molecule has 0 unspecified atom stereocenters. The fourth-order valence-electron chi connectivity index (χ4n) is 1.04. The molecule has 0 aromatic carbocycles. The summed E-state index contributed by atoms with van der Waals surface area (Å²) >= 11 is 5.62. The van der Waals surface area contributed by atoms with Crippen LogP contribution in [0.15, 0.2) is 12.3 Å². The zero-order valence-corrected chi connectivity index (χ0v) is 8.90. The van der Waals surface area contributed by atoms with Gasteiger partial charge >= 0.3 is 5.69 Å². The van der Waals surface area contributed by atoms with Gasteiger partial charge in [0.15, 0.2) is 0 Å². The van der Waals surface area contributed by atoms with E-state index in [2.05, 4.69) is 15.6 Å². The van der Waals surface area contributed by atoms with E-state index >= 15 is 0 Å². The Hall–Kier alpha value is -1.89. The number of aromatic nitrogens is 1. The molecule has 2 N–H and O–H groups in total. The van der Waals surface area contributed by atoms with Crippen molar-refractivity contribution in [1.29, 1.82) is 0 Å². The number of nitrogens with one attached hydrogen (secondary N) is 2. The molecule has 16 heavy (non-hydrogen) atoms. The summed E-state index contributed by atoms with van der Waals surface area (Å²) in [4.78, 5) is 23.7. The van der Waals surface area contributed by atoms with E-state index in [1.54, 1.807) is 0 Å². The van der Waals surface area contributed by atoms with Crippen LogP contribution in [0.4, 0.5) is 11.4 Å². The molecule has 8 heteroatoms. The summed E-state index contributed by atoms with van der Waals surface area (Å²) in [5.74, 6) is 0. The molecule has 0 aliphatic carbocycles. The fraction of sp³-hybridized carbons (Fsp3) is 0.250. The lowest BCUT2D eigenvalue weighted by atomic mass is 10.3. The summed E-state index contributed by atoms with van der Waals surface area (Å²) in [5.41, 5.74) is 0.119. The number of hydrogen-bond acceptors (Lipinski definition) is 5. The van der Waals surface area contributed by atoms with Gasteiger partial charge in [0.1, 0.15) is 17.0 Å². The first-order chi connectivity index (χ1) is 7.65. The van der Waals surface area contributed by atoms with Crippen molar-refractivity contribution in [2.24, 2.45) is 0 Å². The number of rotatable bonds is 6. The van der Waals surface area contributed by atoms with Gasteiger partial charge in [0.05, 0.1) is 4.92 Å². The predicted octanol–water partition coefficient (Wildman–Crippen LogP) is 0.801. The van der Waals surface area contributed by atoms with Crippen molar-refractivity contribution in [1.82, 2.24) is 10.3 Å². The van der Waals surface area contributed by atoms with Crippen LogP contribution in [0.3, 0.4) is 0 Å². The number of carbonyl (C=O) groups is 1. The van der Waals surface area contributed by atoms with Gasteiger partial charge in [-0.1, -0.05) is 11.6 Å². The molecular formula is C8H9ClN4O3. The standard InChI is InChI=1S/C8H9ClN4O3/c9-8-3-6(11-2-1-10-5-14)7(4-12-8)13(15)16/h3-5H,1-2H2,(H,10,14)(H,11,12). The van der Waals surface area contributed by atoms with Crippen LogP contribution in [0.25, 0.3) is 0 Å². The van der Waals surface area contributed by atoms with Crippen molar-refractivity contribution in [3.05, 3.63) is 27.5 Å². The average molecular weight is 245 g/mol. The van der Waals surface area contributed by atoms with Crippen molar-refractivity contribution in [2.45, 2.75) is 0 Å². The Morgan fingerprint density at radius 3 is 2.94 bits per heavy atom. The Balaban J connectivity index is 2.72. The van der Waals surface area contributed by atoms with Gasteiger partial charge in [-0.05, 0) is 0 Å². The Labute approximate surface area is 96.0 Å². The molecule has 0 fully saturated rings. The Bertz CT molecular complexity index is 399. The number of pyridine rings is 1. The number of amides is 1. The zero-order valence-electron chi connectivity index (χ0n) is 8.14. The summed E-state index contributed by atoms with van der Waals surface area (Å²) < 4.78 is 0. The third-order valence-corrected chi connectivity index (χ3v) is 1.92. The second-order valence-electron chi connectivity index (χ2n) is 2.78. The predicted molar refractivity (Wildman–Crippen MR) is 58.5 cm³/mol. The Kier molecular flexibility index (Phi) is 4.46. The van der Waals surface area contributed by atoms with Gasteiger partial charge in [-0.15, -0.1) is 0 Å². The minimum atomic E-state index is -0.557. The van der Waals surface area contributed by atoms with Crippen LogP contribution < -0.4 is 10.6 Å². The van der Waals surface area contributed by atoms with E-state index in [4.69, 9.17) is 11.6 Å². The monoisotopic (exact) mass is 244 g/mol. The van der Waals surface area contributed by atoms with Crippen LogP contribution in [0.5, 0.6) is 0 Å². The van der Waals surface area contributed by atoms with E-state index in [1.807, 2.05) is 0 Å². The highest BCUT2D eigenvalue weighted by Gasteiger charge is 2.14. The van der Waals surface area contributed by atoms with Crippen LogP contribution >= 0.6 is 11.6 Å². The van der Waals surface area contributed by atoms with Gasteiger partial charge in [-0.3, -0.25) is 14.9 Å². The number of nitro groups is 1. The molecular weight excluding hydrogens is 236 g/mol. The second kappa shape index (κ2) is 5.86. The third-order valence-electron chi connectivity index (χ3n) is 1.71. The number of halogens is 1. The Morgan fingerprint density at radius 2 is 2.31 bits per heavy atom. The first-order valence-corrected chi connectivity index (χ1v) is 4.74. The fourth-order valence-corrected chi connectivity index (χ4v) is 1.20. The van der Waals surface area contributed by atoms with Crippen molar-refractivity contribution in [3.8, 4) is 0 Å². The minimum Gasteiger partial charge on any atom is -0.378 e. The molecule has 7 nitrogen and oxygen atoms in total. The SMILES string of the molecule is O=CNCCNc1cc(Cl)ncc1[N+](=O)[O-]. The Morgan fingerprint density at radius 1 is 1.56 bits per heavy atom. The summed E-state index contributed by atoms with van der Waals surface area (Å²) in [6.45, 7) is 0.723. The van der Waals surface area contributed by atoms with Gasteiger partial charge in [0.25, 0.3) is 0 Å². The molecule has 1 heterocycles. The van der Waals surface area contributed by atoms with Crippen molar-refractivity contribution < 1.29 is 9.72 Å². The van der Waals surface area contributed by atoms with E-state index in [-0.39, 0.29) is 16.5 Å². The molecule has 0 spiro atoms. The summed E-state index contributed by atoms with van der Waals surface area (Å²) in [6, 6.07) is 1.36. The van der Waals surface area contributed by atoms with Gasteiger partial charge < -0.3 is 10.6 Å². The van der Waals surface area contributed by atoms with Gasteiger partial charge in [-0.2, -0.15) is 0 Å². The maximum absolute atomic E-state index is 10.6. The molecule has 86 valence electrons. The number of nitrogens with zero attached hydrogens (tertiary/aromatic N) is 2. The molecule has 1 aromatic rings.